The van der Waals surface area contributed by atoms with Crippen LogP contribution in [0.25, 0.3) is 0 Å². The second-order valence-electron chi connectivity index (χ2n) is 2.92. The van der Waals surface area contributed by atoms with Crippen molar-refractivity contribution in [3.63, 3.8) is 0 Å². The molecule has 3 N–H and O–H groups in total. The van der Waals surface area contributed by atoms with Crippen molar-refractivity contribution in [3.8, 4) is 0 Å². The maximum absolute atomic E-state index is 5.47. The first-order valence-corrected chi connectivity index (χ1v) is 5.16. The highest BCUT2D eigenvalue weighted by molar-refractivity contribution is 7.09. The van der Waals surface area contributed by atoms with Gasteiger partial charge < -0.3 is 11.1 Å². The summed E-state index contributed by atoms with van der Waals surface area (Å²) in [5.74, 6) is 0. The van der Waals surface area contributed by atoms with Gasteiger partial charge in [0.2, 0.25) is 0 Å². The van der Waals surface area contributed by atoms with Crippen molar-refractivity contribution in [1.82, 2.24) is 5.32 Å². The topological polar surface area (TPSA) is 38.0 Å². The molecule has 1 heterocycles. The summed E-state index contributed by atoms with van der Waals surface area (Å²) in [7, 11) is 0. The summed E-state index contributed by atoms with van der Waals surface area (Å²) in [5.41, 5.74) is 5.47. The third kappa shape index (κ3) is 3.34. The molecule has 0 spiro atoms. The van der Waals surface area contributed by atoms with Crippen molar-refractivity contribution in [1.29, 1.82) is 0 Å². The average molecular weight is 184 g/mol. The van der Waals surface area contributed by atoms with E-state index in [0.717, 1.165) is 13.0 Å². The average Bonchev–Trinajstić information content (AvgIpc) is 2.57. The monoisotopic (exact) mass is 184 g/mol. The minimum absolute atomic E-state index is 0.435. The number of hydrogen-bond donors (Lipinski definition) is 2. The van der Waals surface area contributed by atoms with E-state index in [1.54, 1.807) is 0 Å². The fraction of sp³-hybridized carbons (Fsp3) is 0.556. The number of rotatable bonds is 5. The zero-order valence-electron chi connectivity index (χ0n) is 7.42. The Morgan fingerprint density at radius 2 is 2.50 bits per heavy atom. The molecule has 0 amide bonds. The summed E-state index contributed by atoms with van der Waals surface area (Å²) in [5, 5.41) is 5.47. The lowest BCUT2D eigenvalue weighted by atomic mass is 10.3. The van der Waals surface area contributed by atoms with Crippen molar-refractivity contribution in [2.45, 2.75) is 19.4 Å². The first-order chi connectivity index (χ1) is 5.83. The first kappa shape index (κ1) is 9.71. The molecule has 0 bridgehead atoms. The lowest BCUT2D eigenvalue weighted by molar-refractivity contribution is 0.560. The summed E-state index contributed by atoms with van der Waals surface area (Å²) in [6.45, 7) is 3.84. The molecule has 1 aromatic rings. The maximum Gasteiger partial charge on any atom is 0.0162 e. The molecule has 0 saturated heterocycles. The van der Waals surface area contributed by atoms with Crippen molar-refractivity contribution in [2.24, 2.45) is 5.73 Å². The van der Waals surface area contributed by atoms with Crippen molar-refractivity contribution in [2.75, 3.05) is 13.1 Å². The molecule has 0 radical (unpaired) electrons. The highest BCUT2D eigenvalue weighted by Gasteiger charge is 1.97. The molecule has 0 aromatic carbocycles. The Bertz CT molecular complexity index is 196. The summed E-state index contributed by atoms with van der Waals surface area (Å²) in [6, 6.07) is 4.69. The molecule has 12 heavy (non-hydrogen) atoms. The second kappa shape index (κ2) is 5.30. The normalized spacial score (nSPS) is 13.2. The molecule has 68 valence electrons. The Morgan fingerprint density at radius 3 is 3.08 bits per heavy atom. The zero-order chi connectivity index (χ0) is 8.81. The summed E-state index contributed by atoms with van der Waals surface area (Å²) < 4.78 is 0. The van der Waals surface area contributed by atoms with E-state index in [9.17, 15) is 0 Å². The molecule has 2 nitrogen and oxygen atoms in total. The van der Waals surface area contributed by atoms with Crippen LogP contribution in [0.2, 0.25) is 0 Å². The Labute approximate surface area is 77.8 Å². The van der Waals surface area contributed by atoms with Gasteiger partial charge in [-0.2, -0.15) is 0 Å². The van der Waals surface area contributed by atoms with Crippen LogP contribution in [0.15, 0.2) is 17.5 Å². The van der Waals surface area contributed by atoms with Crippen LogP contribution in [-0.4, -0.2) is 19.1 Å². The fourth-order valence-corrected chi connectivity index (χ4v) is 1.69. The molecule has 1 atom stereocenters. The van der Waals surface area contributed by atoms with Gasteiger partial charge in [-0.1, -0.05) is 6.07 Å². The van der Waals surface area contributed by atoms with E-state index in [1.165, 1.54) is 4.88 Å². The highest BCUT2D eigenvalue weighted by Crippen LogP contribution is 2.07. The van der Waals surface area contributed by atoms with Crippen molar-refractivity contribution in [3.05, 3.63) is 22.4 Å². The predicted molar refractivity (Wildman–Crippen MR) is 54.5 cm³/mol. The fourth-order valence-electron chi connectivity index (χ4n) is 0.980. The maximum atomic E-state index is 5.47. The Hall–Kier alpha value is -0.380. The van der Waals surface area contributed by atoms with Crippen LogP contribution in [-0.2, 0) is 6.42 Å². The van der Waals surface area contributed by atoms with Crippen LogP contribution in [0.5, 0.6) is 0 Å². The second-order valence-corrected chi connectivity index (χ2v) is 3.95. The number of thiophene rings is 1. The number of nitrogens with one attached hydrogen (secondary N) is 1. The van der Waals surface area contributed by atoms with E-state index in [-0.39, 0.29) is 0 Å². The minimum Gasteiger partial charge on any atom is -0.329 e. The Kier molecular flexibility index (Phi) is 4.29. The molecule has 0 unspecified atom stereocenters. The largest absolute Gasteiger partial charge is 0.329 e. The third-order valence-electron chi connectivity index (χ3n) is 1.80. The van der Waals surface area contributed by atoms with Gasteiger partial charge in [-0.25, -0.2) is 0 Å². The summed E-state index contributed by atoms with van der Waals surface area (Å²) in [6.07, 6.45) is 1.11. The lowest BCUT2D eigenvalue weighted by Crippen LogP contribution is -2.34. The molecule has 0 aliphatic rings. The van der Waals surface area contributed by atoms with Gasteiger partial charge >= 0.3 is 0 Å². The van der Waals surface area contributed by atoms with Gasteiger partial charge in [0.1, 0.15) is 0 Å². The Morgan fingerprint density at radius 1 is 1.67 bits per heavy atom. The quantitative estimate of drug-likeness (QED) is 0.722. The van der Waals surface area contributed by atoms with Crippen LogP contribution in [0, 0.1) is 0 Å². The van der Waals surface area contributed by atoms with Crippen molar-refractivity contribution >= 4 is 11.3 Å². The van der Waals surface area contributed by atoms with Crippen LogP contribution in [0.3, 0.4) is 0 Å². The van der Waals surface area contributed by atoms with Crippen LogP contribution in [0.4, 0.5) is 0 Å². The molecule has 1 rings (SSSR count). The van der Waals surface area contributed by atoms with Crippen molar-refractivity contribution < 1.29 is 0 Å². The van der Waals surface area contributed by atoms with Gasteiger partial charge in [-0.15, -0.1) is 11.3 Å². The van der Waals surface area contributed by atoms with Gasteiger partial charge in [0.15, 0.2) is 0 Å². The summed E-state index contributed by atoms with van der Waals surface area (Å²) in [4.78, 5) is 1.44. The number of nitrogens with two attached hydrogens (primary N) is 1. The molecular weight excluding hydrogens is 168 g/mol. The Balaban J connectivity index is 2.11. The van der Waals surface area contributed by atoms with Gasteiger partial charge in [-0.05, 0) is 24.8 Å². The van der Waals surface area contributed by atoms with Gasteiger partial charge in [0.25, 0.3) is 0 Å². The standard InChI is InChI=1S/C9H16N2S/c1-8(7-10)11-5-4-9-3-2-6-12-9/h2-3,6,8,11H,4-5,7,10H2,1H3/t8-/m1/s1. The van der Waals surface area contributed by atoms with E-state index in [4.69, 9.17) is 5.73 Å². The lowest BCUT2D eigenvalue weighted by Gasteiger charge is -2.09. The molecule has 1 aromatic heterocycles. The van der Waals surface area contributed by atoms with Crippen LogP contribution < -0.4 is 11.1 Å². The molecule has 0 saturated carbocycles. The molecular formula is C9H16N2S. The number of hydrogen-bond acceptors (Lipinski definition) is 3. The van der Waals surface area contributed by atoms with Crippen LogP contribution in [0.1, 0.15) is 11.8 Å². The van der Waals surface area contributed by atoms with E-state index < -0.39 is 0 Å². The summed E-state index contributed by atoms with van der Waals surface area (Å²) >= 11 is 1.81. The van der Waals surface area contributed by atoms with Gasteiger partial charge in [-0.3, -0.25) is 0 Å². The molecule has 0 aliphatic heterocycles. The highest BCUT2D eigenvalue weighted by atomic mass is 32.1. The molecule has 0 aliphatic carbocycles. The smallest absolute Gasteiger partial charge is 0.0162 e. The molecule has 0 fully saturated rings. The third-order valence-corrected chi connectivity index (χ3v) is 2.73. The zero-order valence-corrected chi connectivity index (χ0v) is 8.23. The SMILES string of the molecule is C[C@H](CN)NCCc1cccs1. The van der Waals surface area contributed by atoms with E-state index in [2.05, 4.69) is 29.8 Å². The van der Waals surface area contributed by atoms with E-state index in [1.807, 2.05) is 11.3 Å². The van der Waals surface area contributed by atoms with E-state index in [0.29, 0.717) is 12.6 Å². The minimum atomic E-state index is 0.435. The van der Waals surface area contributed by atoms with Gasteiger partial charge in [0.05, 0.1) is 0 Å². The van der Waals surface area contributed by atoms with Gasteiger partial charge in [0, 0.05) is 24.0 Å². The van der Waals surface area contributed by atoms with E-state index >= 15 is 0 Å². The predicted octanol–water partition coefficient (Wildman–Crippen LogP) is 1.23. The van der Waals surface area contributed by atoms with Crippen LogP contribution >= 0.6 is 11.3 Å². The molecule has 3 heteroatoms. The first-order valence-electron chi connectivity index (χ1n) is 4.28.